The first-order chi connectivity index (χ1) is 17.8. The van der Waals surface area contributed by atoms with Crippen LogP contribution in [0.5, 0.6) is 0 Å². The molecule has 0 aliphatic rings. The molecular weight excluding hydrogens is 545 g/mol. The number of rotatable bonds is 16. The number of hydrogen-bond donors (Lipinski definition) is 0. The molecule has 0 N–H and O–H groups in total. The van der Waals surface area contributed by atoms with Crippen LogP contribution in [0, 0.1) is 13.8 Å². The predicted molar refractivity (Wildman–Crippen MR) is 155 cm³/mol. The molecule has 0 amide bonds. The Kier molecular flexibility index (Phi) is 15.4. The van der Waals surface area contributed by atoms with Gasteiger partial charge in [-0.05, 0) is 19.1 Å². The Bertz CT molecular complexity index is 1120. The van der Waals surface area contributed by atoms with Gasteiger partial charge in [0, 0.05) is 0 Å². The fraction of sp³-hybridized carbons (Fsp3) is 0.581. The number of unbranched alkanes of at least 4 members (excludes halogenated alkanes) is 13. The monoisotopic (exact) mass is 593 g/mol. The van der Waals surface area contributed by atoms with E-state index in [1.807, 2.05) is 6.92 Å². The third-order valence-electron chi connectivity index (χ3n) is 6.84. The van der Waals surface area contributed by atoms with Gasteiger partial charge in [-0.1, -0.05) is 56.7 Å². The minimum Gasteiger partial charge on any atom is -0.744 e. The van der Waals surface area contributed by atoms with E-state index in [4.69, 9.17) is 0 Å². The fourth-order valence-electron chi connectivity index (χ4n) is 4.60. The van der Waals surface area contributed by atoms with Crippen LogP contribution >= 0.6 is 0 Å². The van der Waals surface area contributed by atoms with Crippen molar-refractivity contribution in [2.45, 2.75) is 122 Å². The zero-order valence-corrected chi connectivity index (χ0v) is 25.7. The number of para-hydroxylation sites is 1. The maximum absolute atomic E-state index is 10.4. The maximum Gasteiger partial charge on any atom is 0.124 e. The molecule has 1 heterocycles. The van der Waals surface area contributed by atoms with Gasteiger partial charge in [0.2, 0.25) is 0 Å². The molecule has 3 aromatic rings. The van der Waals surface area contributed by atoms with Gasteiger partial charge in [0.25, 0.3) is 0 Å². The summed E-state index contributed by atoms with van der Waals surface area (Å²) in [7, 11) is -4.27. The summed E-state index contributed by atoms with van der Waals surface area (Å²) in [6, 6.07) is 14.8. The van der Waals surface area contributed by atoms with Crippen molar-refractivity contribution < 1.29 is 17.5 Å². The Morgan fingerprint density at radius 1 is 0.703 bits per heavy atom. The smallest absolute Gasteiger partial charge is 0.124 e. The quantitative estimate of drug-likeness (QED) is 0.0736. The molecule has 0 unspecified atom stereocenters. The second-order valence-corrected chi connectivity index (χ2v) is 14.1. The van der Waals surface area contributed by atoms with Crippen molar-refractivity contribution in [2.24, 2.45) is 0 Å². The Morgan fingerprint density at radius 3 is 1.70 bits per heavy atom. The molecule has 6 heteroatoms. The molecule has 37 heavy (non-hydrogen) atoms. The van der Waals surface area contributed by atoms with Crippen molar-refractivity contribution in [3.05, 3.63) is 58.7 Å². The summed E-state index contributed by atoms with van der Waals surface area (Å²) in [4.78, 5) is -0.178. The molecule has 0 spiro atoms. The summed E-state index contributed by atoms with van der Waals surface area (Å²) in [5.74, 6) is 0. The second kappa shape index (κ2) is 17.9. The Morgan fingerprint density at radius 2 is 1.19 bits per heavy atom. The Labute approximate surface area is 232 Å². The van der Waals surface area contributed by atoms with E-state index in [1.54, 1.807) is 21.0 Å². The van der Waals surface area contributed by atoms with Gasteiger partial charge in [0.05, 0.1) is 4.90 Å². The summed E-state index contributed by atoms with van der Waals surface area (Å²) in [5.41, 5.74) is 2.41. The molecule has 206 valence electrons. The van der Waals surface area contributed by atoms with Gasteiger partial charge < -0.3 is 4.55 Å². The van der Waals surface area contributed by atoms with Gasteiger partial charge >= 0.3 is 129 Å². The van der Waals surface area contributed by atoms with Crippen LogP contribution in [-0.2, 0) is 16.7 Å². The molecule has 0 fully saturated rings. The minimum atomic E-state index is -4.27. The molecule has 0 atom stereocenters. The molecular formula is C31H47NO3SSe. The van der Waals surface area contributed by atoms with Gasteiger partial charge in [-0.25, -0.2) is 8.42 Å². The number of hydrogen-bond acceptors (Lipinski definition) is 3. The van der Waals surface area contributed by atoms with Crippen LogP contribution in [-0.4, -0.2) is 27.5 Å². The zero-order chi connectivity index (χ0) is 26.9. The number of aromatic nitrogens is 1. The average molecular weight is 593 g/mol. The van der Waals surface area contributed by atoms with E-state index in [2.05, 4.69) is 42.7 Å². The number of fused-ring (bicyclic) bond motifs is 1. The molecule has 0 saturated carbocycles. The van der Waals surface area contributed by atoms with E-state index in [-0.39, 0.29) is 4.90 Å². The standard InChI is InChI=1S/C24H40NSe.C7H8O3S/c1-3-4-5-6-7-8-9-10-11-12-13-14-15-18-21-25-22(2)26-24-20-17-16-19-23(24)25;1-6-2-4-7(5-3-6)11(8,9)10/h16-17,19-20H,3-15,18,21H2,1-2H3;2-5H,1H3,(H,8,9,10)/q+1;/p-1. The van der Waals surface area contributed by atoms with Crippen LogP contribution in [0.3, 0.4) is 0 Å². The van der Waals surface area contributed by atoms with Gasteiger partial charge in [0.15, 0.2) is 0 Å². The van der Waals surface area contributed by atoms with Crippen molar-refractivity contribution in [1.29, 1.82) is 0 Å². The van der Waals surface area contributed by atoms with Crippen LogP contribution in [0.15, 0.2) is 53.4 Å². The van der Waals surface area contributed by atoms with Crippen LogP contribution in [0.2, 0.25) is 0 Å². The molecule has 0 aliphatic heterocycles. The Balaban J connectivity index is 0.000000364. The third kappa shape index (κ3) is 12.8. The normalized spacial score (nSPS) is 11.5. The summed E-state index contributed by atoms with van der Waals surface area (Å²) in [6.07, 6.45) is 20.1. The van der Waals surface area contributed by atoms with E-state index < -0.39 is 10.1 Å². The van der Waals surface area contributed by atoms with Crippen molar-refractivity contribution in [2.75, 3.05) is 0 Å². The molecule has 0 aliphatic carbocycles. The topological polar surface area (TPSA) is 61.1 Å². The molecule has 1 aromatic heterocycles. The van der Waals surface area contributed by atoms with E-state index in [1.165, 1.54) is 114 Å². The van der Waals surface area contributed by atoms with Gasteiger partial charge in [-0.15, -0.1) is 0 Å². The summed E-state index contributed by atoms with van der Waals surface area (Å²) >= 11 is 0.562. The largest absolute Gasteiger partial charge is 0.744 e. The van der Waals surface area contributed by atoms with E-state index in [0.717, 1.165) is 5.56 Å². The summed E-state index contributed by atoms with van der Waals surface area (Å²) < 4.78 is 36.9. The average Bonchev–Trinajstić information content (AvgIpc) is 3.19. The number of aryl methyl sites for hydroxylation is 3. The number of nitrogens with zero attached hydrogens (tertiary/aromatic N) is 1. The molecule has 0 radical (unpaired) electrons. The SMILES string of the molecule is CCCCCCCCCCCCCCCC[n+]1c(C)[se]c2ccccc21.Cc1ccc(S(=O)(=O)[O-])cc1. The van der Waals surface area contributed by atoms with Crippen molar-refractivity contribution >= 4 is 34.4 Å². The van der Waals surface area contributed by atoms with Crippen LogP contribution in [0.4, 0.5) is 0 Å². The fourth-order valence-corrected chi connectivity index (χ4v) is 7.26. The van der Waals surface area contributed by atoms with E-state index in [9.17, 15) is 13.0 Å². The molecule has 3 rings (SSSR count). The molecule has 2 aromatic carbocycles. The summed E-state index contributed by atoms with van der Waals surface area (Å²) in [6.45, 7) is 7.67. The van der Waals surface area contributed by atoms with Crippen molar-refractivity contribution in [3.63, 3.8) is 0 Å². The van der Waals surface area contributed by atoms with Gasteiger partial charge in [-0.2, -0.15) is 0 Å². The van der Waals surface area contributed by atoms with Gasteiger partial charge in [-0.3, -0.25) is 0 Å². The molecule has 0 bridgehead atoms. The predicted octanol–water partition coefficient (Wildman–Crippen LogP) is 7.87. The van der Waals surface area contributed by atoms with Crippen molar-refractivity contribution in [1.82, 2.24) is 0 Å². The van der Waals surface area contributed by atoms with E-state index in [0.29, 0.717) is 14.5 Å². The van der Waals surface area contributed by atoms with Crippen LogP contribution in [0.1, 0.15) is 107 Å². The van der Waals surface area contributed by atoms with Crippen LogP contribution < -0.4 is 4.57 Å². The minimum absolute atomic E-state index is 0.178. The van der Waals surface area contributed by atoms with Crippen LogP contribution in [0.25, 0.3) is 9.78 Å². The maximum atomic E-state index is 10.4. The number of benzene rings is 2. The molecule has 4 nitrogen and oxygen atoms in total. The van der Waals surface area contributed by atoms with Crippen molar-refractivity contribution in [3.8, 4) is 0 Å². The first-order valence-corrected chi connectivity index (χ1v) is 17.4. The van der Waals surface area contributed by atoms with E-state index >= 15 is 0 Å². The first-order valence-electron chi connectivity index (χ1n) is 14.2. The van der Waals surface area contributed by atoms with Gasteiger partial charge in [0.1, 0.15) is 10.1 Å². The third-order valence-corrected chi connectivity index (χ3v) is 9.96. The first kappa shape index (κ1) is 31.8. The second-order valence-electron chi connectivity index (χ2n) is 10.1. The Hall–Kier alpha value is -1.46. The summed E-state index contributed by atoms with van der Waals surface area (Å²) in [5, 5.41) is 0. The molecule has 0 saturated heterocycles. The zero-order valence-electron chi connectivity index (χ0n) is 23.2.